The Bertz CT molecular complexity index is 654. The second-order valence-electron chi connectivity index (χ2n) is 4.80. The molecule has 0 heterocycles. The second kappa shape index (κ2) is 6.17. The standard InChI is InChI=1S/C16H18N2O3/c1-10(2)20-13-8-5-9-14(15(13)17)21-12-7-4-3-6-11(12)16(18)19/h3-10H,17H2,1-2H3,(H2,18,19). The first kappa shape index (κ1) is 14.7. The average Bonchev–Trinajstić information content (AvgIpc) is 2.43. The van der Waals surface area contributed by atoms with Gasteiger partial charge in [-0.1, -0.05) is 18.2 Å². The van der Waals surface area contributed by atoms with Gasteiger partial charge in [-0.2, -0.15) is 0 Å². The molecule has 0 bridgehead atoms. The highest BCUT2D eigenvalue weighted by Gasteiger charge is 2.13. The molecule has 2 rings (SSSR count). The van der Waals surface area contributed by atoms with Crippen molar-refractivity contribution in [3.05, 3.63) is 48.0 Å². The number of hydrogen-bond acceptors (Lipinski definition) is 4. The van der Waals surface area contributed by atoms with Crippen LogP contribution in [0.5, 0.6) is 17.2 Å². The molecule has 0 saturated carbocycles. The summed E-state index contributed by atoms with van der Waals surface area (Å²) in [4.78, 5) is 11.4. The molecule has 0 fully saturated rings. The van der Waals surface area contributed by atoms with Crippen LogP contribution in [0.15, 0.2) is 42.5 Å². The molecule has 5 nitrogen and oxygen atoms in total. The van der Waals surface area contributed by atoms with Gasteiger partial charge in [0.1, 0.15) is 17.2 Å². The Kier molecular flexibility index (Phi) is 4.33. The summed E-state index contributed by atoms with van der Waals surface area (Å²) in [6, 6.07) is 12.0. The molecule has 0 aliphatic heterocycles. The van der Waals surface area contributed by atoms with Crippen LogP contribution >= 0.6 is 0 Å². The van der Waals surface area contributed by atoms with E-state index in [4.69, 9.17) is 20.9 Å². The Morgan fingerprint density at radius 3 is 2.29 bits per heavy atom. The quantitative estimate of drug-likeness (QED) is 0.827. The van der Waals surface area contributed by atoms with Crippen molar-refractivity contribution < 1.29 is 14.3 Å². The fourth-order valence-corrected chi connectivity index (χ4v) is 1.85. The fourth-order valence-electron chi connectivity index (χ4n) is 1.85. The van der Waals surface area contributed by atoms with Gasteiger partial charge in [0.15, 0.2) is 5.75 Å². The lowest BCUT2D eigenvalue weighted by atomic mass is 10.2. The lowest BCUT2D eigenvalue weighted by Crippen LogP contribution is -2.12. The summed E-state index contributed by atoms with van der Waals surface area (Å²) in [6.07, 6.45) is 0.000422. The maximum atomic E-state index is 11.4. The highest BCUT2D eigenvalue weighted by atomic mass is 16.5. The molecule has 0 spiro atoms. The van der Waals surface area contributed by atoms with Crippen LogP contribution in [0, 0.1) is 0 Å². The Labute approximate surface area is 123 Å². The van der Waals surface area contributed by atoms with Crippen molar-refractivity contribution in [3.63, 3.8) is 0 Å². The van der Waals surface area contributed by atoms with Crippen LogP contribution in [0.3, 0.4) is 0 Å². The minimum atomic E-state index is -0.557. The molecular formula is C16H18N2O3. The van der Waals surface area contributed by atoms with Crippen molar-refractivity contribution in [2.24, 2.45) is 5.73 Å². The van der Waals surface area contributed by atoms with E-state index in [0.717, 1.165) is 0 Å². The van der Waals surface area contributed by atoms with Crippen LogP contribution in [-0.2, 0) is 0 Å². The van der Waals surface area contributed by atoms with Crippen molar-refractivity contribution in [1.82, 2.24) is 0 Å². The Morgan fingerprint density at radius 2 is 1.62 bits per heavy atom. The first-order valence-electron chi connectivity index (χ1n) is 6.61. The molecule has 0 saturated heterocycles. The number of primary amides is 1. The van der Waals surface area contributed by atoms with Crippen molar-refractivity contribution in [3.8, 4) is 17.2 Å². The van der Waals surface area contributed by atoms with Crippen LogP contribution in [-0.4, -0.2) is 12.0 Å². The molecule has 0 aliphatic rings. The molecule has 0 aromatic heterocycles. The normalized spacial score (nSPS) is 10.4. The number of para-hydroxylation sites is 2. The van der Waals surface area contributed by atoms with Gasteiger partial charge in [-0.3, -0.25) is 4.79 Å². The SMILES string of the molecule is CC(C)Oc1cccc(Oc2ccccc2C(N)=O)c1N. The van der Waals surface area contributed by atoms with E-state index in [-0.39, 0.29) is 6.10 Å². The lowest BCUT2D eigenvalue weighted by Gasteiger charge is -2.15. The number of hydrogen-bond donors (Lipinski definition) is 2. The topological polar surface area (TPSA) is 87.6 Å². The summed E-state index contributed by atoms with van der Waals surface area (Å²) < 4.78 is 11.3. The monoisotopic (exact) mass is 286 g/mol. The highest BCUT2D eigenvalue weighted by molar-refractivity contribution is 5.95. The summed E-state index contributed by atoms with van der Waals surface area (Å²) in [6.45, 7) is 3.82. The summed E-state index contributed by atoms with van der Waals surface area (Å²) in [5, 5.41) is 0. The molecule has 0 aliphatic carbocycles. The third-order valence-electron chi connectivity index (χ3n) is 2.76. The van der Waals surface area contributed by atoms with Crippen molar-refractivity contribution in [2.45, 2.75) is 20.0 Å². The third-order valence-corrected chi connectivity index (χ3v) is 2.76. The predicted molar refractivity (Wildman–Crippen MR) is 81.7 cm³/mol. The van der Waals surface area contributed by atoms with Crippen molar-refractivity contribution in [1.29, 1.82) is 0 Å². The average molecular weight is 286 g/mol. The molecule has 5 heteroatoms. The van der Waals surface area contributed by atoms with E-state index in [1.807, 2.05) is 13.8 Å². The van der Waals surface area contributed by atoms with Crippen molar-refractivity contribution >= 4 is 11.6 Å². The largest absolute Gasteiger partial charge is 0.489 e. The van der Waals surface area contributed by atoms with Gasteiger partial charge in [-0.15, -0.1) is 0 Å². The maximum absolute atomic E-state index is 11.4. The zero-order valence-corrected chi connectivity index (χ0v) is 12.0. The minimum Gasteiger partial charge on any atom is -0.489 e. The van der Waals surface area contributed by atoms with Gasteiger partial charge in [-0.05, 0) is 38.1 Å². The summed E-state index contributed by atoms with van der Waals surface area (Å²) in [5.74, 6) is 0.762. The van der Waals surface area contributed by atoms with Crippen LogP contribution in [0.4, 0.5) is 5.69 Å². The van der Waals surface area contributed by atoms with Gasteiger partial charge in [0.2, 0.25) is 0 Å². The van der Waals surface area contributed by atoms with Crippen LogP contribution < -0.4 is 20.9 Å². The molecule has 1 amide bonds. The van der Waals surface area contributed by atoms with E-state index in [9.17, 15) is 4.79 Å². The van der Waals surface area contributed by atoms with Gasteiger partial charge in [-0.25, -0.2) is 0 Å². The van der Waals surface area contributed by atoms with E-state index >= 15 is 0 Å². The van der Waals surface area contributed by atoms with Crippen LogP contribution in [0.1, 0.15) is 24.2 Å². The van der Waals surface area contributed by atoms with Crippen molar-refractivity contribution in [2.75, 3.05) is 5.73 Å². The smallest absolute Gasteiger partial charge is 0.252 e. The van der Waals surface area contributed by atoms with Gasteiger partial charge in [0.05, 0.1) is 11.7 Å². The number of amides is 1. The molecule has 4 N–H and O–H groups in total. The van der Waals surface area contributed by atoms with Gasteiger partial charge in [0, 0.05) is 0 Å². The van der Waals surface area contributed by atoms with Gasteiger partial charge < -0.3 is 20.9 Å². The zero-order valence-electron chi connectivity index (χ0n) is 12.0. The number of ether oxygens (including phenoxy) is 2. The number of carbonyl (C=O) groups excluding carboxylic acids is 1. The fraction of sp³-hybridized carbons (Fsp3) is 0.188. The van der Waals surface area contributed by atoms with Gasteiger partial charge >= 0.3 is 0 Å². The highest BCUT2D eigenvalue weighted by Crippen LogP contribution is 2.35. The molecule has 0 unspecified atom stereocenters. The Balaban J connectivity index is 2.34. The van der Waals surface area contributed by atoms with E-state index in [1.54, 1.807) is 42.5 Å². The van der Waals surface area contributed by atoms with Crippen LogP contribution in [0.2, 0.25) is 0 Å². The number of benzene rings is 2. The number of nitrogen functional groups attached to an aromatic ring is 1. The van der Waals surface area contributed by atoms with E-state index < -0.39 is 5.91 Å². The molecule has 2 aromatic rings. The molecule has 0 radical (unpaired) electrons. The number of anilines is 1. The maximum Gasteiger partial charge on any atom is 0.252 e. The zero-order chi connectivity index (χ0) is 15.4. The third kappa shape index (κ3) is 3.45. The first-order valence-corrected chi connectivity index (χ1v) is 6.61. The summed E-state index contributed by atoms with van der Waals surface area (Å²) >= 11 is 0. The van der Waals surface area contributed by atoms with E-state index in [2.05, 4.69) is 0 Å². The van der Waals surface area contributed by atoms with E-state index in [0.29, 0.717) is 28.5 Å². The van der Waals surface area contributed by atoms with E-state index in [1.165, 1.54) is 0 Å². The number of rotatable bonds is 5. The molecule has 2 aromatic carbocycles. The Hall–Kier alpha value is -2.69. The summed E-state index contributed by atoms with van der Waals surface area (Å²) in [5.41, 5.74) is 12.0. The number of carbonyl (C=O) groups is 1. The van der Waals surface area contributed by atoms with Gasteiger partial charge in [0.25, 0.3) is 5.91 Å². The molecular weight excluding hydrogens is 268 g/mol. The molecule has 21 heavy (non-hydrogen) atoms. The second-order valence-corrected chi connectivity index (χ2v) is 4.80. The lowest BCUT2D eigenvalue weighted by molar-refractivity contribution is 0.0998. The predicted octanol–water partition coefficient (Wildman–Crippen LogP) is 2.95. The molecule has 0 atom stereocenters. The van der Waals surface area contributed by atoms with Crippen LogP contribution in [0.25, 0.3) is 0 Å². The minimum absolute atomic E-state index is 0.000422. The molecule has 110 valence electrons. The first-order chi connectivity index (χ1) is 9.99. The number of nitrogens with two attached hydrogens (primary N) is 2. The summed E-state index contributed by atoms with van der Waals surface area (Å²) in [7, 11) is 0. The Morgan fingerprint density at radius 1 is 1.00 bits per heavy atom.